The summed E-state index contributed by atoms with van der Waals surface area (Å²) in [6, 6.07) is 6.51. The minimum absolute atomic E-state index is 0.0538. The maximum Gasteiger partial charge on any atom is 0.471 e. The van der Waals surface area contributed by atoms with Gasteiger partial charge in [-0.3, -0.25) is 9.59 Å². The van der Waals surface area contributed by atoms with Crippen molar-refractivity contribution in [3.63, 3.8) is 0 Å². The Morgan fingerprint density at radius 2 is 2.04 bits per heavy atom. The number of carbonyl (C=O) groups is 2. The molecule has 0 unspecified atom stereocenters. The van der Waals surface area contributed by atoms with Gasteiger partial charge in [0.2, 0.25) is 0 Å². The lowest BCUT2D eigenvalue weighted by molar-refractivity contribution is -0.185. The number of halogens is 3. The van der Waals surface area contributed by atoms with Crippen LogP contribution in [0.25, 0.3) is 0 Å². The molecule has 0 atom stereocenters. The number of anilines is 1. The van der Waals surface area contributed by atoms with Crippen molar-refractivity contribution in [1.82, 2.24) is 4.90 Å². The molecule has 1 N–H and O–H groups in total. The van der Waals surface area contributed by atoms with Gasteiger partial charge in [-0.15, -0.1) is 0 Å². The van der Waals surface area contributed by atoms with E-state index in [0.29, 0.717) is 11.3 Å². The van der Waals surface area contributed by atoms with Crippen LogP contribution in [0.3, 0.4) is 0 Å². The van der Waals surface area contributed by atoms with Crippen LogP contribution >= 0.6 is 0 Å². The molecule has 0 aliphatic heterocycles. The Morgan fingerprint density at radius 1 is 1.29 bits per heavy atom. The van der Waals surface area contributed by atoms with E-state index in [0.717, 1.165) is 29.7 Å². The minimum Gasteiger partial charge on any atom is -0.331 e. The highest BCUT2D eigenvalue weighted by Gasteiger charge is 2.41. The average molecular weight is 340 g/mol. The predicted octanol–water partition coefficient (Wildman–Crippen LogP) is 3.65. The molecule has 0 saturated heterocycles. The molecule has 1 aromatic carbocycles. The maximum atomic E-state index is 12.6. The highest BCUT2D eigenvalue weighted by atomic mass is 19.4. The standard InChI is InChI=1S/C17H19F3N2O2/c1-2-22(16(24)17(18,19)20)11-12-6-5-9-14(10-12)21-15(23)13-7-3-4-8-13/h5-7,9-10H,2-4,8,11H2,1H3,(H,21,23). The lowest BCUT2D eigenvalue weighted by atomic mass is 10.1. The summed E-state index contributed by atoms with van der Waals surface area (Å²) < 4.78 is 37.7. The minimum atomic E-state index is -4.89. The summed E-state index contributed by atoms with van der Waals surface area (Å²) in [7, 11) is 0. The molecule has 0 spiro atoms. The number of nitrogens with one attached hydrogen (secondary N) is 1. The molecule has 7 heteroatoms. The average Bonchev–Trinajstić information content (AvgIpc) is 3.06. The molecule has 0 bridgehead atoms. The van der Waals surface area contributed by atoms with Crippen molar-refractivity contribution < 1.29 is 22.8 Å². The summed E-state index contributed by atoms with van der Waals surface area (Å²) in [5.41, 5.74) is 1.75. The quantitative estimate of drug-likeness (QED) is 0.889. The van der Waals surface area contributed by atoms with Gasteiger partial charge in [0, 0.05) is 24.4 Å². The molecule has 2 amide bonds. The fraction of sp³-hybridized carbons (Fsp3) is 0.412. The number of allylic oxidation sites excluding steroid dienone is 1. The molecule has 0 radical (unpaired) electrons. The molecule has 4 nitrogen and oxygen atoms in total. The van der Waals surface area contributed by atoms with Gasteiger partial charge in [0.25, 0.3) is 5.91 Å². The predicted molar refractivity (Wildman–Crippen MR) is 84.2 cm³/mol. The van der Waals surface area contributed by atoms with Crippen LogP contribution in [-0.4, -0.2) is 29.4 Å². The zero-order valence-electron chi connectivity index (χ0n) is 13.3. The van der Waals surface area contributed by atoms with Crippen LogP contribution in [0, 0.1) is 0 Å². The Bertz CT molecular complexity index is 653. The summed E-state index contributed by atoms with van der Waals surface area (Å²) >= 11 is 0. The second-order valence-corrected chi connectivity index (χ2v) is 5.59. The second kappa shape index (κ2) is 7.51. The van der Waals surface area contributed by atoms with E-state index in [4.69, 9.17) is 0 Å². The number of hydrogen-bond acceptors (Lipinski definition) is 2. The molecular weight excluding hydrogens is 321 g/mol. The lowest BCUT2D eigenvalue weighted by Gasteiger charge is -2.22. The fourth-order valence-corrected chi connectivity index (χ4v) is 2.56. The van der Waals surface area contributed by atoms with Crippen molar-refractivity contribution in [2.75, 3.05) is 11.9 Å². The summed E-state index contributed by atoms with van der Waals surface area (Å²) in [5.74, 6) is -2.06. The topological polar surface area (TPSA) is 49.4 Å². The number of carbonyl (C=O) groups excluding carboxylic acids is 2. The van der Waals surface area contributed by atoms with Crippen LogP contribution in [0.5, 0.6) is 0 Å². The van der Waals surface area contributed by atoms with Gasteiger partial charge in [0.1, 0.15) is 0 Å². The molecule has 0 saturated carbocycles. The van der Waals surface area contributed by atoms with Crippen LogP contribution < -0.4 is 5.32 Å². The first-order valence-corrected chi connectivity index (χ1v) is 7.76. The van der Waals surface area contributed by atoms with Gasteiger partial charge in [-0.05, 0) is 43.9 Å². The maximum absolute atomic E-state index is 12.6. The summed E-state index contributed by atoms with van der Waals surface area (Å²) in [5, 5.41) is 2.74. The van der Waals surface area contributed by atoms with Crippen molar-refractivity contribution in [2.45, 2.75) is 38.9 Å². The van der Waals surface area contributed by atoms with Gasteiger partial charge in [0.05, 0.1) is 0 Å². The van der Waals surface area contributed by atoms with E-state index in [1.54, 1.807) is 24.3 Å². The summed E-state index contributed by atoms with van der Waals surface area (Å²) in [4.78, 5) is 24.1. The number of nitrogens with zero attached hydrogens (tertiary/aromatic N) is 1. The van der Waals surface area contributed by atoms with Gasteiger partial charge >= 0.3 is 12.1 Å². The SMILES string of the molecule is CCN(Cc1cccc(NC(=O)C2=CCCC2)c1)C(=O)C(F)(F)F. The zero-order valence-corrected chi connectivity index (χ0v) is 13.3. The lowest BCUT2D eigenvalue weighted by Crippen LogP contribution is -2.40. The normalized spacial score (nSPS) is 14.2. The van der Waals surface area contributed by atoms with Gasteiger partial charge in [-0.2, -0.15) is 13.2 Å². The molecule has 0 heterocycles. The van der Waals surface area contributed by atoms with Crippen LogP contribution in [0.1, 0.15) is 31.7 Å². The smallest absolute Gasteiger partial charge is 0.331 e. The van der Waals surface area contributed by atoms with E-state index in [2.05, 4.69) is 5.32 Å². The van der Waals surface area contributed by atoms with Crippen LogP contribution in [0.4, 0.5) is 18.9 Å². The molecule has 2 rings (SSSR count). The third-order valence-corrected chi connectivity index (χ3v) is 3.80. The third kappa shape index (κ3) is 4.59. The van der Waals surface area contributed by atoms with E-state index in [-0.39, 0.29) is 19.0 Å². The molecule has 0 aromatic heterocycles. The molecule has 0 fully saturated rings. The molecular formula is C17H19F3N2O2. The van der Waals surface area contributed by atoms with Gasteiger partial charge < -0.3 is 10.2 Å². The van der Waals surface area contributed by atoms with Crippen LogP contribution in [-0.2, 0) is 16.1 Å². The number of amides is 2. The highest BCUT2D eigenvalue weighted by molar-refractivity contribution is 6.04. The number of rotatable bonds is 5. The van der Waals surface area contributed by atoms with E-state index >= 15 is 0 Å². The second-order valence-electron chi connectivity index (χ2n) is 5.59. The van der Waals surface area contributed by atoms with Crippen LogP contribution in [0.15, 0.2) is 35.9 Å². The number of alkyl halides is 3. The summed E-state index contributed by atoms with van der Waals surface area (Å²) in [6.07, 6.45) is -0.437. The zero-order chi connectivity index (χ0) is 17.7. The van der Waals surface area contributed by atoms with E-state index in [1.165, 1.54) is 6.92 Å². The van der Waals surface area contributed by atoms with Gasteiger partial charge in [0.15, 0.2) is 0 Å². The molecule has 1 aromatic rings. The first-order valence-electron chi connectivity index (χ1n) is 7.76. The Morgan fingerprint density at radius 3 is 2.62 bits per heavy atom. The monoisotopic (exact) mass is 340 g/mol. The Hall–Kier alpha value is -2.31. The van der Waals surface area contributed by atoms with Crippen LogP contribution in [0.2, 0.25) is 0 Å². The first-order chi connectivity index (χ1) is 11.3. The Balaban J connectivity index is 2.06. The highest BCUT2D eigenvalue weighted by Crippen LogP contribution is 2.22. The van der Waals surface area contributed by atoms with Crippen molar-refractivity contribution >= 4 is 17.5 Å². The third-order valence-electron chi connectivity index (χ3n) is 3.80. The molecule has 24 heavy (non-hydrogen) atoms. The largest absolute Gasteiger partial charge is 0.471 e. The number of benzene rings is 1. The van der Waals surface area contributed by atoms with Crippen molar-refractivity contribution in [2.24, 2.45) is 0 Å². The van der Waals surface area contributed by atoms with E-state index in [1.807, 2.05) is 6.08 Å². The molecule has 1 aliphatic rings. The molecule has 130 valence electrons. The fourth-order valence-electron chi connectivity index (χ4n) is 2.56. The van der Waals surface area contributed by atoms with Crippen molar-refractivity contribution in [3.05, 3.63) is 41.5 Å². The number of hydrogen-bond donors (Lipinski definition) is 1. The van der Waals surface area contributed by atoms with Crippen molar-refractivity contribution in [1.29, 1.82) is 0 Å². The molecule has 1 aliphatic carbocycles. The van der Waals surface area contributed by atoms with Gasteiger partial charge in [-0.1, -0.05) is 18.2 Å². The van der Waals surface area contributed by atoms with E-state index < -0.39 is 12.1 Å². The van der Waals surface area contributed by atoms with Crippen molar-refractivity contribution in [3.8, 4) is 0 Å². The first kappa shape index (κ1) is 18.0. The van der Waals surface area contributed by atoms with E-state index in [9.17, 15) is 22.8 Å². The Labute approximate surface area is 138 Å². The summed E-state index contributed by atoms with van der Waals surface area (Å²) in [6.45, 7) is 1.27. The Kier molecular flexibility index (Phi) is 5.64. The van der Waals surface area contributed by atoms with Gasteiger partial charge in [-0.25, -0.2) is 0 Å².